The van der Waals surface area contributed by atoms with Gasteiger partial charge in [0, 0.05) is 48.5 Å². The van der Waals surface area contributed by atoms with E-state index in [4.69, 9.17) is 11.6 Å². The molecule has 0 spiro atoms. The molecule has 0 bridgehead atoms. The minimum atomic E-state index is 0.228. The van der Waals surface area contributed by atoms with Crippen molar-refractivity contribution in [3.8, 4) is 22.4 Å². The quantitative estimate of drug-likeness (QED) is 0.645. The Labute approximate surface area is 175 Å². The second-order valence-corrected chi connectivity index (χ2v) is 7.65. The summed E-state index contributed by atoms with van der Waals surface area (Å²) in [6.07, 6.45) is 5.95. The van der Waals surface area contributed by atoms with Crippen molar-refractivity contribution >= 4 is 23.3 Å². The average molecular weight is 410 g/mol. The Balaban J connectivity index is 1.61. The summed E-state index contributed by atoms with van der Waals surface area (Å²) in [6.45, 7) is 3.47. The number of anilines is 1. The van der Waals surface area contributed by atoms with Gasteiger partial charge in [0.2, 0.25) is 5.91 Å². The third-order valence-electron chi connectivity index (χ3n) is 5.36. The summed E-state index contributed by atoms with van der Waals surface area (Å²) in [7, 11) is 0. The lowest BCUT2D eigenvalue weighted by Crippen LogP contribution is -2.42. The molecule has 0 aliphatic carbocycles. The molecule has 4 rings (SSSR count). The predicted octanol–water partition coefficient (Wildman–Crippen LogP) is 4.61. The summed E-state index contributed by atoms with van der Waals surface area (Å²) in [5, 5.41) is 12.1. The number of carbonyl (C=O) groups is 1. The first-order chi connectivity index (χ1) is 14.2. The van der Waals surface area contributed by atoms with E-state index in [9.17, 15) is 4.79 Å². The van der Waals surface area contributed by atoms with Crippen LogP contribution in [0.25, 0.3) is 22.4 Å². The molecule has 1 fully saturated rings. The predicted molar refractivity (Wildman–Crippen MR) is 116 cm³/mol. The Morgan fingerprint density at radius 2 is 1.83 bits per heavy atom. The Hall–Kier alpha value is -2.86. The summed E-state index contributed by atoms with van der Waals surface area (Å²) in [5.41, 5.74) is 4.01. The molecule has 6 nitrogen and oxygen atoms in total. The molecular weight excluding hydrogens is 386 g/mol. The minimum Gasteiger partial charge on any atom is -0.365 e. The number of H-pyrrole nitrogens is 1. The number of hydrogen-bond donors (Lipinski definition) is 2. The van der Waals surface area contributed by atoms with E-state index >= 15 is 0 Å². The zero-order valence-electron chi connectivity index (χ0n) is 16.4. The van der Waals surface area contributed by atoms with Gasteiger partial charge in [-0.3, -0.25) is 14.9 Å². The van der Waals surface area contributed by atoms with E-state index < -0.39 is 0 Å². The van der Waals surface area contributed by atoms with Crippen molar-refractivity contribution in [3.63, 3.8) is 0 Å². The molecule has 1 aliphatic rings. The number of likely N-dealkylation sites (tertiary alicyclic amines) is 1. The maximum Gasteiger partial charge on any atom is 0.222 e. The summed E-state index contributed by atoms with van der Waals surface area (Å²) in [4.78, 5) is 18.0. The van der Waals surface area contributed by atoms with Crippen molar-refractivity contribution in [2.24, 2.45) is 0 Å². The molecule has 1 saturated heterocycles. The fourth-order valence-electron chi connectivity index (χ4n) is 3.76. The monoisotopic (exact) mass is 409 g/mol. The molecule has 0 saturated carbocycles. The Bertz CT molecular complexity index is 963. The molecule has 3 aromatic rings. The van der Waals surface area contributed by atoms with Gasteiger partial charge in [-0.25, -0.2) is 0 Å². The summed E-state index contributed by atoms with van der Waals surface area (Å²) in [6, 6.07) is 12.0. The highest BCUT2D eigenvalue weighted by molar-refractivity contribution is 6.30. The van der Waals surface area contributed by atoms with Gasteiger partial charge < -0.3 is 10.2 Å². The average Bonchev–Trinajstić information content (AvgIpc) is 3.18. The van der Waals surface area contributed by atoms with Gasteiger partial charge >= 0.3 is 0 Å². The highest BCUT2D eigenvalue weighted by Gasteiger charge is 2.24. The molecular formula is C22H24ClN5O. The number of rotatable bonds is 5. The van der Waals surface area contributed by atoms with E-state index in [0.717, 1.165) is 54.1 Å². The molecule has 2 aromatic heterocycles. The normalized spacial score (nSPS) is 14.8. The SMILES string of the molecule is CCC(=O)N1CCC(Nc2n[nH]c(-c3ccc(Cl)cc3)c2-c2ccncc2)CC1. The van der Waals surface area contributed by atoms with E-state index in [1.165, 1.54) is 0 Å². The highest BCUT2D eigenvalue weighted by atomic mass is 35.5. The molecule has 1 amide bonds. The van der Waals surface area contributed by atoms with Crippen molar-refractivity contribution in [1.82, 2.24) is 20.1 Å². The number of halogens is 1. The maximum absolute atomic E-state index is 11.9. The van der Waals surface area contributed by atoms with Crippen LogP contribution in [0.2, 0.25) is 5.02 Å². The van der Waals surface area contributed by atoms with Crippen molar-refractivity contribution in [1.29, 1.82) is 0 Å². The van der Waals surface area contributed by atoms with Gasteiger partial charge in [0.25, 0.3) is 0 Å². The van der Waals surface area contributed by atoms with Crippen LogP contribution < -0.4 is 5.32 Å². The van der Waals surface area contributed by atoms with E-state index in [2.05, 4.69) is 20.5 Å². The third-order valence-corrected chi connectivity index (χ3v) is 5.61. The Morgan fingerprint density at radius 3 is 2.48 bits per heavy atom. The van der Waals surface area contributed by atoms with E-state index in [-0.39, 0.29) is 11.9 Å². The number of carbonyl (C=O) groups excluding carboxylic acids is 1. The van der Waals surface area contributed by atoms with Gasteiger partial charge in [-0.15, -0.1) is 0 Å². The zero-order chi connectivity index (χ0) is 20.2. The van der Waals surface area contributed by atoms with E-state index in [1.807, 2.05) is 48.2 Å². The molecule has 0 unspecified atom stereocenters. The number of nitrogens with zero attached hydrogens (tertiary/aromatic N) is 3. The molecule has 0 radical (unpaired) electrons. The first kappa shape index (κ1) is 19.5. The standard InChI is InChI=1S/C22H24ClN5O/c1-2-19(29)28-13-9-18(10-14-28)25-22-20(15-7-11-24-12-8-15)21(26-27-22)16-3-5-17(23)6-4-16/h3-8,11-12,18H,2,9-10,13-14H2,1H3,(H2,25,26,27). The molecule has 150 valence electrons. The lowest BCUT2D eigenvalue weighted by Gasteiger charge is -2.32. The maximum atomic E-state index is 11.9. The number of piperidine rings is 1. The number of aromatic amines is 1. The number of amides is 1. The van der Waals surface area contributed by atoms with Crippen LogP contribution in [0, 0.1) is 0 Å². The number of benzene rings is 1. The molecule has 2 N–H and O–H groups in total. The molecule has 7 heteroatoms. The fourth-order valence-corrected chi connectivity index (χ4v) is 3.89. The number of hydrogen-bond acceptors (Lipinski definition) is 4. The third kappa shape index (κ3) is 4.27. The van der Waals surface area contributed by atoms with Crippen LogP contribution in [0.15, 0.2) is 48.8 Å². The number of pyridine rings is 1. The Kier molecular flexibility index (Phi) is 5.81. The lowest BCUT2D eigenvalue weighted by molar-refractivity contribution is -0.131. The van der Waals surface area contributed by atoms with Crippen molar-refractivity contribution in [2.45, 2.75) is 32.2 Å². The topological polar surface area (TPSA) is 73.9 Å². The van der Waals surface area contributed by atoms with Crippen LogP contribution >= 0.6 is 11.6 Å². The van der Waals surface area contributed by atoms with Crippen molar-refractivity contribution in [3.05, 3.63) is 53.8 Å². The highest BCUT2D eigenvalue weighted by Crippen LogP contribution is 2.37. The van der Waals surface area contributed by atoms with Gasteiger partial charge in [-0.05, 0) is 42.7 Å². The summed E-state index contributed by atoms with van der Waals surface area (Å²) >= 11 is 6.06. The number of nitrogens with one attached hydrogen (secondary N) is 2. The van der Waals surface area contributed by atoms with Crippen LogP contribution in [0.3, 0.4) is 0 Å². The van der Waals surface area contributed by atoms with Gasteiger partial charge in [0.05, 0.1) is 11.3 Å². The molecule has 1 aliphatic heterocycles. The first-order valence-corrected chi connectivity index (χ1v) is 10.3. The largest absolute Gasteiger partial charge is 0.365 e. The van der Waals surface area contributed by atoms with E-state index in [0.29, 0.717) is 11.4 Å². The molecule has 0 atom stereocenters. The van der Waals surface area contributed by atoms with Crippen LogP contribution in [-0.2, 0) is 4.79 Å². The van der Waals surface area contributed by atoms with Crippen molar-refractivity contribution < 1.29 is 4.79 Å². The molecule has 1 aromatic carbocycles. The van der Waals surface area contributed by atoms with Crippen LogP contribution in [0.5, 0.6) is 0 Å². The van der Waals surface area contributed by atoms with Gasteiger partial charge in [0.15, 0.2) is 5.82 Å². The zero-order valence-corrected chi connectivity index (χ0v) is 17.1. The second-order valence-electron chi connectivity index (χ2n) is 7.22. The van der Waals surface area contributed by atoms with E-state index in [1.54, 1.807) is 12.4 Å². The van der Waals surface area contributed by atoms with Crippen LogP contribution in [-0.4, -0.2) is 45.1 Å². The molecule has 3 heterocycles. The van der Waals surface area contributed by atoms with Gasteiger partial charge in [0.1, 0.15) is 0 Å². The second kappa shape index (κ2) is 8.66. The fraction of sp³-hybridized carbons (Fsp3) is 0.318. The van der Waals surface area contributed by atoms with Gasteiger partial charge in [-0.1, -0.05) is 30.7 Å². The van der Waals surface area contributed by atoms with Crippen LogP contribution in [0.1, 0.15) is 26.2 Å². The minimum absolute atomic E-state index is 0.228. The smallest absolute Gasteiger partial charge is 0.222 e. The number of aromatic nitrogens is 3. The summed E-state index contributed by atoms with van der Waals surface area (Å²) < 4.78 is 0. The molecule has 29 heavy (non-hydrogen) atoms. The van der Waals surface area contributed by atoms with Crippen LogP contribution in [0.4, 0.5) is 5.82 Å². The lowest BCUT2D eigenvalue weighted by atomic mass is 10.00. The summed E-state index contributed by atoms with van der Waals surface area (Å²) in [5.74, 6) is 1.05. The first-order valence-electron chi connectivity index (χ1n) is 9.94. The van der Waals surface area contributed by atoms with Gasteiger partial charge in [-0.2, -0.15) is 5.10 Å². The van der Waals surface area contributed by atoms with Crippen molar-refractivity contribution in [2.75, 3.05) is 18.4 Å². The Morgan fingerprint density at radius 1 is 1.14 bits per heavy atom.